The quantitative estimate of drug-likeness (QED) is 0.309. The van der Waals surface area contributed by atoms with Gasteiger partial charge < -0.3 is 15.3 Å². The number of aliphatic hydroxyl groups excluding tert-OH is 1. The van der Waals surface area contributed by atoms with E-state index in [0.29, 0.717) is 11.3 Å². The molecule has 0 aliphatic heterocycles. The second kappa shape index (κ2) is 12.5. The first-order chi connectivity index (χ1) is 17.5. The number of aliphatic hydroxyl groups is 1. The van der Waals surface area contributed by atoms with Crippen molar-refractivity contribution in [1.29, 1.82) is 0 Å². The van der Waals surface area contributed by atoms with E-state index in [1.807, 2.05) is 90.3 Å². The zero-order valence-electron chi connectivity index (χ0n) is 22.5. The van der Waals surface area contributed by atoms with E-state index in [1.54, 1.807) is 12.1 Å². The maximum absolute atomic E-state index is 13.5. The van der Waals surface area contributed by atoms with Crippen LogP contribution in [-0.2, 0) is 28.7 Å². The summed E-state index contributed by atoms with van der Waals surface area (Å²) < 4.78 is 25.3. The van der Waals surface area contributed by atoms with Crippen molar-refractivity contribution in [2.75, 3.05) is 19.4 Å². The van der Waals surface area contributed by atoms with Crippen LogP contribution in [0, 0.1) is 0 Å². The van der Waals surface area contributed by atoms with Crippen LogP contribution in [0.15, 0.2) is 60.7 Å². The Balaban J connectivity index is 2.11. The van der Waals surface area contributed by atoms with Crippen molar-refractivity contribution >= 4 is 22.3 Å². The largest absolute Gasteiger partial charge is 0.392 e. The molecule has 3 aromatic carbocycles. The molecule has 0 fully saturated rings. The third-order valence-corrected chi connectivity index (χ3v) is 7.35. The Kier molecular flexibility index (Phi) is 9.65. The molecule has 2 N–H and O–H groups in total. The minimum Gasteiger partial charge on any atom is -0.392 e. The predicted molar refractivity (Wildman–Crippen MR) is 151 cm³/mol. The highest BCUT2D eigenvalue weighted by Crippen LogP contribution is 2.39. The highest BCUT2D eigenvalue weighted by molar-refractivity contribution is 7.73. The molecule has 7 heteroatoms. The first-order valence-electron chi connectivity index (χ1n) is 12.6. The van der Waals surface area contributed by atoms with E-state index in [0.717, 1.165) is 39.9 Å². The fraction of sp³-hybridized carbons (Fsp3) is 0.367. The molecule has 1 unspecified atom stereocenters. The summed E-state index contributed by atoms with van der Waals surface area (Å²) in [6, 6.07) is 19.0. The molecule has 6 nitrogen and oxygen atoms in total. The van der Waals surface area contributed by atoms with Gasteiger partial charge in [0.2, 0.25) is 5.91 Å². The van der Waals surface area contributed by atoms with Crippen molar-refractivity contribution in [1.82, 2.24) is 4.90 Å². The molecule has 0 heterocycles. The lowest BCUT2D eigenvalue weighted by Crippen LogP contribution is -2.25. The number of nitrogens with one attached hydrogen (secondary N) is 1. The molecule has 3 aromatic rings. The Labute approximate surface area is 222 Å². The van der Waals surface area contributed by atoms with Crippen LogP contribution in [0.25, 0.3) is 11.1 Å². The molecule has 0 aromatic heterocycles. The summed E-state index contributed by atoms with van der Waals surface area (Å²) in [6.45, 7) is 8.67. The summed E-state index contributed by atoms with van der Waals surface area (Å²) in [6.07, 6.45) is 0. The lowest BCUT2D eigenvalue weighted by atomic mass is 9.83. The monoisotopic (exact) mass is 522 g/mol. The number of carbonyl (C=O) groups is 1. The summed E-state index contributed by atoms with van der Waals surface area (Å²) in [5.41, 5.74) is 6.42. The molecule has 0 bridgehead atoms. The summed E-state index contributed by atoms with van der Waals surface area (Å²) in [4.78, 5) is 15.5. The third-order valence-electron chi connectivity index (χ3n) is 6.44. The molecule has 0 aliphatic rings. The number of amides is 1. The van der Waals surface area contributed by atoms with Gasteiger partial charge >= 0.3 is 0 Å². The van der Waals surface area contributed by atoms with Gasteiger partial charge in [-0.1, -0.05) is 76.2 Å². The molecule has 37 heavy (non-hydrogen) atoms. The molecule has 1 amide bonds. The summed E-state index contributed by atoms with van der Waals surface area (Å²) in [7, 11) is 0.859. The summed E-state index contributed by atoms with van der Waals surface area (Å²) in [5.74, 6) is -0.614. The predicted octanol–water partition coefficient (Wildman–Crippen LogP) is 5.45. The lowest BCUT2D eigenvalue weighted by molar-refractivity contribution is -0.115. The topological polar surface area (TPSA) is 86.7 Å². The SMILES string of the molecule is CC(C)c1cc(-c2ccccc2CO)cc(C(C)C)c1C(C(=O)Nc1ccc(CN(C)C)cc1)[SH](=O)=O. The van der Waals surface area contributed by atoms with Crippen molar-refractivity contribution < 1.29 is 18.3 Å². The maximum atomic E-state index is 13.5. The van der Waals surface area contributed by atoms with Gasteiger partial charge in [-0.3, -0.25) is 4.79 Å². The summed E-state index contributed by atoms with van der Waals surface area (Å²) in [5, 5.41) is 11.4. The number of thiol groups is 1. The number of hydrogen-bond donors (Lipinski definition) is 3. The molecule has 1 atom stereocenters. The highest BCUT2D eigenvalue weighted by Gasteiger charge is 2.31. The average molecular weight is 523 g/mol. The number of anilines is 1. The van der Waals surface area contributed by atoms with Gasteiger partial charge in [0.25, 0.3) is 0 Å². The van der Waals surface area contributed by atoms with E-state index >= 15 is 0 Å². The van der Waals surface area contributed by atoms with E-state index in [-0.39, 0.29) is 18.4 Å². The van der Waals surface area contributed by atoms with Crippen LogP contribution in [0.1, 0.15) is 72.6 Å². The third kappa shape index (κ3) is 6.86. The standard InChI is InChI=1S/C30H38N2O4S/c1-19(2)26-15-23(25-10-8-7-9-22(25)18-33)16-27(20(3)4)28(26)29(37(35)36)30(34)31-24-13-11-21(12-14-24)17-32(5)6/h7-16,19-20,29,33,37H,17-18H2,1-6H3,(H,31,34). The van der Waals surface area contributed by atoms with Gasteiger partial charge in [0.15, 0.2) is 16.0 Å². The Morgan fingerprint density at radius 3 is 1.97 bits per heavy atom. The van der Waals surface area contributed by atoms with Crippen molar-refractivity contribution in [3.63, 3.8) is 0 Å². The van der Waals surface area contributed by atoms with Crippen molar-refractivity contribution in [2.45, 2.75) is 57.9 Å². The highest BCUT2D eigenvalue weighted by atomic mass is 32.2. The molecule has 0 radical (unpaired) electrons. The Morgan fingerprint density at radius 1 is 0.919 bits per heavy atom. The molecule has 0 saturated heterocycles. The number of rotatable bonds is 10. The van der Waals surface area contributed by atoms with Gasteiger partial charge in [0.05, 0.1) is 6.61 Å². The number of nitrogens with zero attached hydrogens (tertiary/aromatic N) is 1. The van der Waals surface area contributed by atoms with Crippen LogP contribution in [0.2, 0.25) is 0 Å². The van der Waals surface area contributed by atoms with Gasteiger partial charge in [-0.05, 0) is 77.0 Å². The van der Waals surface area contributed by atoms with Crippen LogP contribution >= 0.6 is 0 Å². The normalized spacial score (nSPS) is 12.5. The van der Waals surface area contributed by atoms with Gasteiger partial charge in [-0.25, -0.2) is 8.42 Å². The molecule has 198 valence electrons. The molecular formula is C30H38N2O4S. The fourth-order valence-corrected chi connectivity index (χ4v) is 5.43. The van der Waals surface area contributed by atoms with E-state index in [2.05, 4.69) is 10.2 Å². The van der Waals surface area contributed by atoms with E-state index < -0.39 is 21.9 Å². The molecular weight excluding hydrogens is 484 g/mol. The van der Waals surface area contributed by atoms with Gasteiger partial charge in [0, 0.05) is 12.2 Å². The number of carbonyl (C=O) groups excluding carboxylic acids is 1. The van der Waals surface area contributed by atoms with Crippen molar-refractivity contribution in [3.05, 3.63) is 88.5 Å². The Morgan fingerprint density at radius 2 is 1.49 bits per heavy atom. The van der Waals surface area contributed by atoms with Crippen LogP contribution < -0.4 is 5.32 Å². The smallest absolute Gasteiger partial charge is 0.247 e. The van der Waals surface area contributed by atoms with Crippen molar-refractivity contribution in [2.24, 2.45) is 0 Å². The second-order valence-corrected chi connectivity index (χ2v) is 11.4. The zero-order valence-corrected chi connectivity index (χ0v) is 23.4. The van der Waals surface area contributed by atoms with E-state index in [4.69, 9.17) is 0 Å². The summed E-state index contributed by atoms with van der Waals surface area (Å²) >= 11 is 0. The van der Waals surface area contributed by atoms with Crippen LogP contribution in [0.3, 0.4) is 0 Å². The van der Waals surface area contributed by atoms with Crippen LogP contribution in [0.5, 0.6) is 0 Å². The van der Waals surface area contributed by atoms with Crippen LogP contribution in [0.4, 0.5) is 5.69 Å². The first-order valence-corrected chi connectivity index (χ1v) is 13.8. The minimum atomic E-state index is -3.11. The lowest BCUT2D eigenvalue weighted by Gasteiger charge is -2.25. The second-order valence-electron chi connectivity index (χ2n) is 10.3. The zero-order chi connectivity index (χ0) is 27.3. The molecule has 0 aliphatic carbocycles. The van der Waals surface area contributed by atoms with E-state index in [9.17, 15) is 18.3 Å². The maximum Gasteiger partial charge on any atom is 0.247 e. The van der Waals surface area contributed by atoms with Crippen molar-refractivity contribution in [3.8, 4) is 11.1 Å². The molecule has 3 rings (SSSR count). The average Bonchev–Trinajstić information content (AvgIpc) is 2.84. The van der Waals surface area contributed by atoms with Gasteiger partial charge in [-0.15, -0.1) is 0 Å². The van der Waals surface area contributed by atoms with E-state index in [1.165, 1.54) is 0 Å². The van der Waals surface area contributed by atoms with Crippen LogP contribution in [-0.4, -0.2) is 38.4 Å². The Bertz CT molecular complexity index is 1270. The number of hydrogen-bond acceptors (Lipinski definition) is 5. The van der Waals surface area contributed by atoms with Gasteiger partial charge in [0.1, 0.15) is 0 Å². The fourth-order valence-electron chi connectivity index (χ4n) is 4.67. The molecule has 0 spiro atoms. The number of benzene rings is 3. The molecule has 0 saturated carbocycles. The Hall–Kier alpha value is -3.00. The van der Waals surface area contributed by atoms with Gasteiger partial charge in [-0.2, -0.15) is 0 Å². The minimum absolute atomic E-state index is 0.0238. The first kappa shape index (κ1) is 28.6.